The average molecular weight is 215 g/mol. The Labute approximate surface area is 75.9 Å². The minimum Gasteiger partial charge on any atom is -0.433 e. The number of ether oxygens (including phenoxy) is 1. The zero-order valence-electron chi connectivity index (χ0n) is 6.03. The molecule has 13 heavy (non-hydrogen) atoms. The van der Waals surface area contributed by atoms with Crippen molar-refractivity contribution in [2.24, 2.45) is 0 Å². The van der Waals surface area contributed by atoms with Gasteiger partial charge in [-0.15, -0.1) is 0 Å². The van der Waals surface area contributed by atoms with Crippen LogP contribution in [0.1, 0.15) is 0 Å². The van der Waals surface area contributed by atoms with Gasteiger partial charge >= 0.3 is 6.61 Å². The molecule has 0 saturated heterocycles. The molecule has 0 atom stereocenters. The molecule has 0 aliphatic rings. The molecule has 72 valence electrons. The fourth-order valence-corrected chi connectivity index (χ4v) is 0.868. The second-order valence-electron chi connectivity index (χ2n) is 2.08. The van der Waals surface area contributed by atoms with Crippen molar-refractivity contribution in [1.82, 2.24) is 0 Å². The van der Waals surface area contributed by atoms with Crippen LogP contribution in [-0.4, -0.2) is 6.61 Å². The Morgan fingerprint density at radius 1 is 1.23 bits per heavy atom. The van der Waals surface area contributed by atoms with E-state index >= 15 is 0 Å². The van der Waals surface area contributed by atoms with Crippen molar-refractivity contribution in [2.45, 2.75) is 6.61 Å². The van der Waals surface area contributed by atoms with E-state index < -0.39 is 29.0 Å². The Hall–Kier alpha value is -0.970. The molecule has 0 radical (unpaired) electrons. The first-order valence-electron chi connectivity index (χ1n) is 3.10. The molecule has 0 aliphatic carbocycles. The maximum Gasteiger partial charge on any atom is 0.387 e. The number of hydrogen-bond donors (Lipinski definition) is 0. The van der Waals surface area contributed by atoms with Crippen molar-refractivity contribution in [2.75, 3.05) is 0 Å². The van der Waals surface area contributed by atoms with Gasteiger partial charge in [0.1, 0.15) is 16.7 Å². The monoisotopic (exact) mass is 214 g/mol. The van der Waals surface area contributed by atoms with Crippen LogP contribution in [0.25, 0.3) is 0 Å². The van der Waals surface area contributed by atoms with Crippen LogP contribution in [0.3, 0.4) is 0 Å². The lowest BCUT2D eigenvalue weighted by atomic mass is 10.3. The molecular formula is C7H3ClF4O. The summed E-state index contributed by atoms with van der Waals surface area (Å²) in [4.78, 5) is 0. The van der Waals surface area contributed by atoms with Crippen LogP contribution >= 0.6 is 11.6 Å². The van der Waals surface area contributed by atoms with Crippen LogP contribution in [-0.2, 0) is 0 Å². The van der Waals surface area contributed by atoms with Gasteiger partial charge in [-0.3, -0.25) is 0 Å². The first-order valence-corrected chi connectivity index (χ1v) is 3.48. The number of hydrogen-bond acceptors (Lipinski definition) is 1. The molecule has 0 N–H and O–H groups in total. The lowest BCUT2D eigenvalue weighted by molar-refractivity contribution is -0.0500. The molecule has 0 aromatic heterocycles. The number of halogens is 5. The van der Waals surface area contributed by atoms with Crippen molar-refractivity contribution in [3.8, 4) is 5.75 Å². The fourth-order valence-electron chi connectivity index (χ4n) is 0.714. The quantitative estimate of drug-likeness (QED) is 0.543. The molecule has 0 saturated carbocycles. The Morgan fingerprint density at radius 2 is 1.85 bits per heavy atom. The molecule has 1 aromatic rings. The first kappa shape index (κ1) is 10.1. The van der Waals surface area contributed by atoms with Gasteiger partial charge in [0.25, 0.3) is 0 Å². The van der Waals surface area contributed by atoms with Gasteiger partial charge in [0.2, 0.25) is 0 Å². The zero-order chi connectivity index (χ0) is 10.0. The second-order valence-corrected chi connectivity index (χ2v) is 2.46. The maximum absolute atomic E-state index is 12.6. The van der Waals surface area contributed by atoms with Crippen LogP contribution in [0.5, 0.6) is 5.75 Å². The molecule has 0 amide bonds. The molecule has 0 heterocycles. The standard InChI is InChI=1S/C7H3ClF4O/c8-6-4(10)1-3(9)2-5(6)13-7(11)12/h1-2,7H. The molecule has 0 bridgehead atoms. The van der Waals surface area contributed by atoms with E-state index in [1.165, 1.54) is 0 Å². The molecule has 0 spiro atoms. The second kappa shape index (κ2) is 3.83. The predicted molar refractivity (Wildman–Crippen MR) is 38.0 cm³/mol. The maximum atomic E-state index is 12.6. The number of rotatable bonds is 2. The minimum absolute atomic E-state index is 0.473. The number of alkyl halides is 2. The highest BCUT2D eigenvalue weighted by molar-refractivity contribution is 6.32. The smallest absolute Gasteiger partial charge is 0.387 e. The molecule has 1 nitrogen and oxygen atoms in total. The van der Waals surface area contributed by atoms with Crippen LogP contribution in [0.15, 0.2) is 12.1 Å². The van der Waals surface area contributed by atoms with Gasteiger partial charge in [0, 0.05) is 12.1 Å². The third-order valence-corrected chi connectivity index (χ3v) is 1.54. The van der Waals surface area contributed by atoms with Gasteiger partial charge < -0.3 is 4.74 Å². The van der Waals surface area contributed by atoms with Gasteiger partial charge in [0.05, 0.1) is 0 Å². The van der Waals surface area contributed by atoms with E-state index in [0.717, 1.165) is 0 Å². The Morgan fingerprint density at radius 3 is 2.38 bits per heavy atom. The zero-order valence-corrected chi connectivity index (χ0v) is 6.79. The summed E-state index contributed by atoms with van der Waals surface area (Å²) in [6.45, 7) is -3.17. The van der Waals surface area contributed by atoms with Crippen LogP contribution in [0.2, 0.25) is 5.02 Å². The SMILES string of the molecule is Fc1cc(F)c(Cl)c(OC(F)F)c1. The topological polar surface area (TPSA) is 9.23 Å². The summed E-state index contributed by atoms with van der Waals surface area (Å²) in [6.07, 6.45) is 0. The summed E-state index contributed by atoms with van der Waals surface area (Å²) in [7, 11) is 0. The fraction of sp³-hybridized carbons (Fsp3) is 0.143. The Balaban J connectivity index is 3.05. The van der Waals surface area contributed by atoms with Crippen LogP contribution < -0.4 is 4.74 Å². The van der Waals surface area contributed by atoms with Crippen molar-refractivity contribution in [3.05, 3.63) is 28.8 Å². The van der Waals surface area contributed by atoms with E-state index in [4.69, 9.17) is 11.6 Å². The Bertz CT molecular complexity index is 316. The third kappa shape index (κ3) is 2.48. The van der Waals surface area contributed by atoms with Crippen molar-refractivity contribution in [3.63, 3.8) is 0 Å². The van der Waals surface area contributed by atoms with Crippen molar-refractivity contribution >= 4 is 11.6 Å². The highest BCUT2D eigenvalue weighted by Crippen LogP contribution is 2.29. The highest BCUT2D eigenvalue weighted by atomic mass is 35.5. The van der Waals surface area contributed by atoms with Gasteiger partial charge in [-0.1, -0.05) is 11.6 Å². The number of benzene rings is 1. The summed E-state index contributed by atoms with van der Waals surface area (Å²) in [5, 5.41) is -0.665. The normalized spacial score (nSPS) is 10.6. The van der Waals surface area contributed by atoms with Crippen LogP contribution in [0, 0.1) is 11.6 Å². The molecule has 0 fully saturated rings. The van der Waals surface area contributed by atoms with Crippen LogP contribution in [0.4, 0.5) is 17.6 Å². The van der Waals surface area contributed by atoms with Gasteiger partial charge in [-0.25, -0.2) is 8.78 Å². The van der Waals surface area contributed by atoms with Crippen molar-refractivity contribution < 1.29 is 22.3 Å². The van der Waals surface area contributed by atoms with Gasteiger partial charge in [-0.2, -0.15) is 8.78 Å². The molecular weight excluding hydrogens is 212 g/mol. The molecule has 6 heteroatoms. The lowest BCUT2D eigenvalue weighted by Crippen LogP contribution is -2.03. The highest BCUT2D eigenvalue weighted by Gasteiger charge is 2.13. The van der Waals surface area contributed by atoms with E-state index in [2.05, 4.69) is 4.74 Å². The van der Waals surface area contributed by atoms with E-state index in [9.17, 15) is 17.6 Å². The average Bonchev–Trinajstić information content (AvgIpc) is 1.98. The summed E-state index contributed by atoms with van der Waals surface area (Å²) in [6, 6.07) is 1.05. The largest absolute Gasteiger partial charge is 0.433 e. The van der Waals surface area contributed by atoms with E-state index in [1.807, 2.05) is 0 Å². The summed E-state index contributed by atoms with van der Waals surface area (Å²) in [5.74, 6) is -2.89. The molecule has 1 aromatic carbocycles. The summed E-state index contributed by atoms with van der Waals surface area (Å²) in [5.41, 5.74) is 0. The van der Waals surface area contributed by atoms with Crippen molar-refractivity contribution in [1.29, 1.82) is 0 Å². The summed E-state index contributed by atoms with van der Waals surface area (Å²) < 4.78 is 52.1. The predicted octanol–water partition coefficient (Wildman–Crippen LogP) is 3.22. The molecule has 0 unspecified atom stereocenters. The minimum atomic E-state index is -3.17. The Kier molecular flexibility index (Phi) is 2.98. The molecule has 1 rings (SSSR count). The lowest BCUT2D eigenvalue weighted by Gasteiger charge is -2.06. The summed E-state index contributed by atoms with van der Waals surface area (Å²) >= 11 is 5.21. The first-order chi connectivity index (χ1) is 6.00. The van der Waals surface area contributed by atoms with E-state index in [1.54, 1.807) is 0 Å². The molecule has 0 aliphatic heterocycles. The third-order valence-electron chi connectivity index (χ3n) is 1.18. The van der Waals surface area contributed by atoms with E-state index in [-0.39, 0.29) is 0 Å². The van der Waals surface area contributed by atoms with Gasteiger partial charge in [0.15, 0.2) is 5.75 Å². The van der Waals surface area contributed by atoms with E-state index in [0.29, 0.717) is 12.1 Å². The van der Waals surface area contributed by atoms with Gasteiger partial charge in [-0.05, 0) is 0 Å².